The SMILES string of the molecule is COc1ccc(N(c2ccccc2)c2ccc3c(c2)C(Cc2ccccc2)(Cc2ccccc2)c2cc(N(c4ccccc4)c4ccc(OC)cc4C)ccc2-3)c(C)c1. The van der Waals surface area contributed by atoms with Crippen molar-refractivity contribution in [2.45, 2.75) is 32.1 Å². The maximum absolute atomic E-state index is 5.65. The molecule has 0 aromatic heterocycles. The van der Waals surface area contributed by atoms with Gasteiger partial charge in [0.05, 0.1) is 14.2 Å². The number of benzene rings is 8. The second kappa shape index (κ2) is 16.1. The molecule has 8 aromatic carbocycles. The van der Waals surface area contributed by atoms with Gasteiger partial charge in [0.2, 0.25) is 0 Å². The summed E-state index contributed by atoms with van der Waals surface area (Å²) in [5.41, 5.74) is 16.3. The molecule has 9 rings (SSSR count). The van der Waals surface area contributed by atoms with E-state index in [1.54, 1.807) is 14.2 Å². The Morgan fingerprint density at radius 1 is 0.390 bits per heavy atom. The molecule has 1 aliphatic carbocycles. The van der Waals surface area contributed by atoms with E-state index in [2.05, 4.69) is 218 Å². The van der Waals surface area contributed by atoms with Crippen LogP contribution >= 0.6 is 0 Å². The highest BCUT2D eigenvalue weighted by Crippen LogP contribution is 2.56. The molecule has 0 spiro atoms. The molecule has 4 heteroatoms. The number of rotatable bonds is 12. The van der Waals surface area contributed by atoms with Crippen LogP contribution in [0.2, 0.25) is 0 Å². The Morgan fingerprint density at radius 3 is 1.12 bits per heavy atom. The van der Waals surface area contributed by atoms with Gasteiger partial charge in [-0.25, -0.2) is 0 Å². The van der Waals surface area contributed by atoms with E-state index in [4.69, 9.17) is 9.47 Å². The van der Waals surface area contributed by atoms with Gasteiger partial charge in [-0.15, -0.1) is 0 Å². The van der Waals surface area contributed by atoms with Gasteiger partial charge in [-0.05, 0) is 156 Å². The molecule has 0 fully saturated rings. The summed E-state index contributed by atoms with van der Waals surface area (Å²) in [4.78, 5) is 4.78. The predicted octanol–water partition coefficient (Wildman–Crippen LogP) is 14.0. The number of methoxy groups -OCH3 is 2. The molecule has 8 aromatic rings. The van der Waals surface area contributed by atoms with Gasteiger partial charge in [0.1, 0.15) is 11.5 Å². The Kier molecular flexibility index (Phi) is 10.2. The fourth-order valence-electron chi connectivity index (χ4n) is 9.10. The Morgan fingerprint density at radius 2 is 0.763 bits per heavy atom. The minimum atomic E-state index is -0.409. The smallest absolute Gasteiger partial charge is 0.119 e. The summed E-state index contributed by atoms with van der Waals surface area (Å²) in [6.45, 7) is 4.33. The van der Waals surface area contributed by atoms with Crippen molar-refractivity contribution in [3.63, 3.8) is 0 Å². The summed E-state index contributed by atoms with van der Waals surface area (Å²) in [5.74, 6) is 1.69. The fourth-order valence-corrected chi connectivity index (χ4v) is 9.10. The average Bonchev–Trinajstić information content (AvgIpc) is 3.53. The first-order valence-corrected chi connectivity index (χ1v) is 20.3. The summed E-state index contributed by atoms with van der Waals surface area (Å²) in [6.07, 6.45) is 1.66. The highest BCUT2D eigenvalue weighted by molar-refractivity contribution is 5.89. The van der Waals surface area contributed by atoms with Crippen molar-refractivity contribution in [3.05, 3.63) is 228 Å². The number of hydrogen-bond donors (Lipinski definition) is 0. The van der Waals surface area contributed by atoms with Crippen molar-refractivity contribution < 1.29 is 9.47 Å². The van der Waals surface area contributed by atoms with Crippen LogP contribution in [0.3, 0.4) is 0 Å². The van der Waals surface area contributed by atoms with E-state index in [0.717, 1.165) is 69.6 Å². The Bertz CT molecular complexity index is 2520. The third-order valence-electron chi connectivity index (χ3n) is 11.9. The number of nitrogens with zero attached hydrogens (tertiary/aromatic N) is 2. The predicted molar refractivity (Wildman–Crippen MR) is 245 cm³/mol. The fraction of sp³-hybridized carbons (Fsp3) is 0.127. The lowest BCUT2D eigenvalue weighted by atomic mass is 9.69. The zero-order valence-corrected chi connectivity index (χ0v) is 34.1. The molecule has 0 aliphatic heterocycles. The molecule has 290 valence electrons. The molecule has 0 radical (unpaired) electrons. The number of para-hydroxylation sites is 2. The van der Waals surface area contributed by atoms with Crippen molar-refractivity contribution >= 4 is 34.1 Å². The highest BCUT2D eigenvalue weighted by Gasteiger charge is 2.44. The molecule has 0 saturated carbocycles. The molecule has 0 unspecified atom stereocenters. The number of ether oxygens (including phenoxy) is 2. The lowest BCUT2D eigenvalue weighted by Gasteiger charge is -2.35. The Labute approximate surface area is 348 Å². The van der Waals surface area contributed by atoms with Crippen LogP contribution in [0.5, 0.6) is 11.5 Å². The average molecular weight is 769 g/mol. The molecule has 0 N–H and O–H groups in total. The molecular weight excluding hydrogens is 721 g/mol. The van der Waals surface area contributed by atoms with E-state index < -0.39 is 5.41 Å². The standard InChI is InChI=1S/C55H48N2O2/c1-39-33-47(58-3)27-31-53(39)56(43-21-13-7-14-22-43)45-25-29-49-50-30-26-46(57(44-23-15-8-16-24-44)54-32-28-48(59-4)34-40(54)2)36-52(50)55(51(49)35-45,37-41-17-9-5-10-18-41)38-42-19-11-6-12-20-42/h5-36H,37-38H2,1-4H3. The van der Waals surface area contributed by atoms with Crippen molar-refractivity contribution in [3.8, 4) is 22.6 Å². The van der Waals surface area contributed by atoms with Crippen LogP contribution < -0.4 is 19.3 Å². The van der Waals surface area contributed by atoms with E-state index in [9.17, 15) is 0 Å². The van der Waals surface area contributed by atoms with Gasteiger partial charge in [-0.3, -0.25) is 0 Å². The molecular formula is C55H48N2O2. The third-order valence-corrected chi connectivity index (χ3v) is 11.9. The molecule has 0 heterocycles. The topological polar surface area (TPSA) is 24.9 Å². The largest absolute Gasteiger partial charge is 0.497 e. The quantitative estimate of drug-likeness (QED) is 0.124. The van der Waals surface area contributed by atoms with Crippen LogP contribution in [-0.2, 0) is 18.3 Å². The summed E-state index contributed by atoms with van der Waals surface area (Å²) in [7, 11) is 3.45. The van der Waals surface area contributed by atoms with Gasteiger partial charge in [0.15, 0.2) is 0 Å². The zero-order chi connectivity index (χ0) is 40.3. The molecule has 0 bridgehead atoms. The maximum Gasteiger partial charge on any atom is 0.119 e. The second-order valence-corrected chi connectivity index (χ2v) is 15.5. The number of hydrogen-bond acceptors (Lipinski definition) is 4. The lowest BCUT2D eigenvalue weighted by Crippen LogP contribution is -2.31. The molecule has 0 saturated heterocycles. The molecule has 1 aliphatic rings. The first-order valence-electron chi connectivity index (χ1n) is 20.3. The second-order valence-electron chi connectivity index (χ2n) is 15.5. The minimum absolute atomic E-state index is 0.409. The van der Waals surface area contributed by atoms with Crippen LogP contribution in [0.1, 0.15) is 33.4 Å². The monoisotopic (exact) mass is 768 g/mol. The zero-order valence-electron chi connectivity index (χ0n) is 34.1. The Balaban J connectivity index is 1.30. The highest BCUT2D eigenvalue weighted by atomic mass is 16.5. The van der Waals surface area contributed by atoms with Crippen LogP contribution in [0.4, 0.5) is 34.1 Å². The summed E-state index contributed by atoms with van der Waals surface area (Å²) >= 11 is 0. The van der Waals surface area contributed by atoms with Gasteiger partial charge < -0.3 is 19.3 Å². The molecule has 0 amide bonds. The van der Waals surface area contributed by atoms with Crippen LogP contribution in [-0.4, -0.2) is 14.2 Å². The Hall–Kier alpha value is -7.04. The first kappa shape index (κ1) is 37.5. The van der Waals surface area contributed by atoms with Crippen molar-refractivity contribution in [2.24, 2.45) is 0 Å². The summed E-state index contributed by atoms with van der Waals surface area (Å²) < 4.78 is 11.3. The van der Waals surface area contributed by atoms with E-state index in [1.165, 1.54) is 33.4 Å². The van der Waals surface area contributed by atoms with Gasteiger partial charge in [-0.2, -0.15) is 0 Å². The van der Waals surface area contributed by atoms with Gasteiger partial charge in [0, 0.05) is 39.5 Å². The minimum Gasteiger partial charge on any atom is -0.497 e. The van der Waals surface area contributed by atoms with Gasteiger partial charge in [0.25, 0.3) is 0 Å². The number of fused-ring (bicyclic) bond motifs is 3. The van der Waals surface area contributed by atoms with Gasteiger partial charge >= 0.3 is 0 Å². The van der Waals surface area contributed by atoms with Gasteiger partial charge in [-0.1, -0.05) is 109 Å². The van der Waals surface area contributed by atoms with Crippen LogP contribution in [0.25, 0.3) is 11.1 Å². The molecule has 0 atom stereocenters. The first-order chi connectivity index (χ1) is 29.0. The number of aryl methyl sites for hydroxylation is 2. The normalized spacial score (nSPS) is 12.3. The molecule has 4 nitrogen and oxygen atoms in total. The van der Waals surface area contributed by atoms with Crippen LogP contribution in [0.15, 0.2) is 194 Å². The third kappa shape index (κ3) is 7.12. The van der Waals surface area contributed by atoms with Crippen LogP contribution in [0, 0.1) is 13.8 Å². The van der Waals surface area contributed by atoms with E-state index in [-0.39, 0.29) is 0 Å². The summed E-state index contributed by atoms with van der Waals surface area (Å²) in [6, 6.07) is 70.4. The van der Waals surface area contributed by atoms with Crippen molar-refractivity contribution in [2.75, 3.05) is 24.0 Å². The maximum atomic E-state index is 5.65. The van der Waals surface area contributed by atoms with E-state index in [1.807, 2.05) is 0 Å². The number of anilines is 6. The molecule has 59 heavy (non-hydrogen) atoms. The van der Waals surface area contributed by atoms with Crippen molar-refractivity contribution in [1.29, 1.82) is 0 Å². The summed E-state index contributed by atoms with van der Waals surface area (Å²) in [5, 5.41) is 0. The van der Waals surface area contributed by atoms with Crippen molar-refractivity contribution in [1.82, 2.24) is 0 Å². The van der Waals surface area contributed by atoms with E-state index in [0.29, 0.717) is 0 Å². The lowest BCUT2D eigenvalue weighted by molar-refractivity contribution is 0.414. The van der Waals surface area contributed by atoms with E-state index >= 15 is 0 Å².